The summed E-state index contributed by atoms with van der Waals surface area (Å²) >= 11 is 0. The van der Waals surface area contributed by atoms with Gasteiger partial charge in [0, 0.05) is 12.2 Å². The maximum Gasteiger partial charge on any atom is 0.737 e. The Bertz CT molecular complexity index is 806. The Morgan fingerprint density at radius 1 is 1.48 bits per heavy atom. The smallest absolute Gasteiger partial charge is 0.482 e. The Morgan fingerprint density at radius 3 is 3.09 bits per heavy atom. The molecular weight excluding hydrogens is 309 g/mol. The molecule has 0 unspecified atom stereocenters. The van der Waals surface area contributed by atoms with Gasteiger partial charge in [-0.1, -0.05) is 0 Å². The van der Waals surface area contributed by atoms with E-state index in [0.29, 0.717) is 6.21 Å². The van der Waals surface area contributed by atoms with E-state index in [1.807, 2.05) is 0 Å². The van der Waals surface area contributed by atoms with E-state index in [1.165, 1.54) is 36.7 Å². The number of aromatic nitrogens is 1. The fourth-order valence-electron chi connectivity index (χ4n) is 2.50. The second kappa shape index (κ2) is 5.66. The number of allylic oxidation sites excluding steroid dienone is 2. The number of hydrogen-bond donors (Lipinski definition) is 0. The lowest BCUT2D eigenvalue weighted by Gasteiger charge is -2.30. The molecule has 118 valence electrons. The van der Waals surface area contributed by atoms with Crippen LogP contribution in [0.4, 0.5) is 8.63 Å². The fraction of sp³-hybridized carbons (Fsp3) is 0.154. The van der Waals surface area contributed by atoms with Crippen LogP contribution in [0, 0.1) is 0 Å². The zero-order valence-corrected chi connectivity index (χ0v) is 11.8. The lowest BCUT2D eigenvalue weighted by molar-refractivity contribution is -0.358. The number of halogens is 2. The summed E-state index contributed by atoms with van der Waals surface area (Å²) in [6.45, 7) is -4.10. The van der Waals surface area contributed by atoms with Crippen molar-refractivity contribution in [1.29, 1.82) is 0 Å². The second-order valence-corrected chi connectivity index (χ2v) is 4.78. The molecule has 0 spiro atoms. The Morgan fingerprint density at radius 2 is 2.30 bits per heavy atom. The first-order valence-corrected chi connectivity index (χ1v) is 6.76. The molecule has 0 N–H and O–H groups in total. The summed E-state index contributed by atoms with van der Waals surface area (Å²) in [5, 5.41) is 0. The molecular formula is C13H11BF2N4O3. The van der Waals surface area contributed by atoms with Crippen molar-refractivity contribution >= 4 is 31.1 Å². The van der Waals surface area contributed by atoms with E-state index >= 15 is 0 Å². The number of ether oxygens (including phenoxy) is 2. The predicted molar refractivity (Wildman–Crippen MR) is 76.8 cm³/mol. The number of fused-ring (bicyclic) bond motifs is 2. The summed E-state index contributed by atoms with van der Waals surface area (Å²) in [7, 11) is 0. The van der Waals surface area contributed by atoms with Crippen molar-refractivity contribution in [2.75, 3.05) is 13.2 Å². The number of rotatable bonds is 5. The van der Waals surface area contributed by atoms with Crippen LogP contribution in [0.3, 0.4) is 0 Å². The maximum atomic E-state index is 14.4. The molecule has 2 aliphatic rings. The molecule has 1 aromatic heterocycles. The van der Waals surface area contributed by atoms with E-state index in [1.54, 1.807) is 0 Å². The van der Waals surface area contributed by atoms with Gasteiger partial charge in [0.1, 0.15) is 19.4 Å². The van der Waals surface area contributed by atoms with Gasteiger partial charge in [-0.3, -0.25) is 0 Å². The summed E-state index contributed by atoms with van der Waals surface area (Å²) in [4.78, 5) is 13.5. The molecule has 0 aromatic carbocycles. The van der Waals surface area contributed by atoms with Crippen LogP contribution in [0.2, 0.25) is 0 Å². The van der Waals surface area contributed by atoms with Gasteiger partial charge in [-0.05, 0) is 18.3 Å². The Kier molecular flexibility index (Phi) is 3.67. The molecule has 0 radical (unpaired) electrons. The summed E-state index contributed by atoms with van der Waals surface area (Å²) in [5.74, 6) is -0.550. The zero-order valence-electron chi connectivity index (χ0n) is 11.8. The molecule has 0 bridgehead atoms. The average Bonchev–Trinajstić information content (AvgIpc) is 3.16. The molecule has 2 aliphatic heterocycles. The van der Waals surface area contributed by atoms with Crippen LogP contribution in [0.1, 0.15) is 5.69 Å². The molecule has 1 aromatic rings. The Balaban J connectivity index is 1.79. The number of hydrogen-bond acceptors (Lipinski definition) is 3. The predicted octanol–water partition coefficient (Wildman–Crippen LogP) is 0.907. The summed E-state index contributed by atoms with van der Waals surface area (Å²) in [6, 6.07) is 3.05. The first-order valence-electron chi connectivity index (χ1n) is 6.76. The normalized spacial score (nSPS) is 17.0. The van der Waals surface area contributed by atoms with Gasteiger partial charge in [0.25, 0.3) is 0 Å². The van der Waals surface area contributed by atoms with Gasteiger partial charge < -0.3 is 32.6 Å². The summed E-state index contributed by atoms with van der Waals surface area (Å²) in [6.07, 6.45) is 6.23. The van der Waals surface area contributed by atoms with E-state index < -0.39 is 12.9 Å². The highest BCUT2D eigenvalue weighted by Crippen LogP contribution is 2.35. The molecule has 23 heavy (non-hydrogen) atoms. The van der Waals surface area contributed by atoms with Gasteiger partial charge in [-0.25, -0.2) is 4.79 Å². The summed E-state index contributed by atoms with van der Waals surface area (Å²) < 4.78 is 40.8. The van der Waals surface area contributed by atoms with Gasteiger partial charge in [-0.2, -0.15) is 4.79 Å². The van der Waals surface area contributed by atoms with E-state index in [0.717, 1.165) is 8.96 Å². The van der Waals surface area contributed by atoms with Gasteiger partial charge in [0.2, 0.25) is 11.5 Å². The molecule has 0 fully saturated rings. The van der Waals surface area contributed by atoms with Crippen LogP contribution >= 0.6 is 0 Å². The topological polar surface area (TPSA) is 79.9 Å². The largest absolute Gasteiger partial charge is 0.737 e. The minimum absolute atomic E-state index is 0.0325. The molecule has 0 saturated heterocycles. The van der Waals surface area contributed by atoms with Crippen LogP contribution in [0.25, 0.3) is 11.3 Å². The quantitative estimate of drug-likeness (QED) is 0.202. The van der Waals surface area contributed by atoms with Crippen molar-refractivity contribution in [1.82, 2.24) is 4.48 Å². The molecule has 0 saturated carbocycles. The molecule has 0 aliphatic carbocycles. The highest BCUT2D eigenvalue weighted by atomic mass is 19.2. The van der Waals surface area contributed by atoms with Crippen molar-refractivity contribution in [3.8, 4) is 0 Å². The lowest BCUT2D eigenvalue weighted by atomic mass is 9.91. The van der Waals surface area contributed by atoms with Crippen LogP contribution in [0.15, 0.2) is 36.2 Å². The van der Waals surface area contributed by atoms with Crippen molar-refractivity contribution in [3.63, 3.8) is 0 Å². The van der Waals surface area contributed by atoms with Crippen LogP contribution < -0.4 is 0 Å². The number of carbonyl (C=O) groups excluding carboxylic acids is 1. The molecule has 3 heterocycles. The first-order chi connectivity index (χ1) is 11.1. The number of esters is 1. The van der Waals surface area contributed by atoms with Crippen LogP contribution in [0.5, 0.6) is 0 Å². The zero-order chi connectivity index (χ0) is 16.4. The minimum atomic E-state index is -3.95. The maximum absolute atomic E-state index is 14.4. The Labute approximate surface area is 129 Å². The van der Waals surface area contributed by atoms with E-state index in [-0.39, 0.29) is 30.4 Å². The third-order valence-corrected chi connectivity index (χ3v) is 3.43. The van der Waals surface area contributed by atoms with Crippen LogP contribution in [-0.2, 0) is 14.3 Å². The third-order valence-electron chi connectivity index (χ3n) is 3.43. The van der Waals surface area contributed by atoms with Crippen molar-refractivity contribution in [2.45, 2.75) is 0 Å². The highest BCUT2D eigenvalue weighted by molar-refractivity contribution is 6.57. The third kappa shape index (κ3) is 2.49. The Hall–Kier alpha value is -3.00. The molecule has 0 amide bonds. The van der Waals surface area contributed by atoms with E-state index in [9.17, 15) is 13.4 Å². The standard InChI is InChI=1S/C13H11BF2N4O3/c15-14(16)19-5-1-3-10(19)13(11-4-2-6-20(11)14)23-8-7-22-12(21)9-18-17/h1-6,9H,7-8H2. The first kappa shape index (κ1) is 14.9. The van der Waals surface area contributed by atoms with Crippen molar-refractivity contribution < 1.29 is 32.2 Å². The number of nitrogens with zero attached hydrogens (tertiary/aromatic N) is 4. The van der Waals surface area contributed by atoms with E-state index in [2.05, 4.69) is 4.79 Å². The van der Waals surface area contributed by atoms with Gasteiger partial charge >= 0.3 is 19.2 Å². The summed E-state index contributed by atoms with van der Waals surface area (Å²) in [5.41, 5.74) is 8.68. The highest BCUT2D eigenvalue weighted by Gasteiger charge is 2.52. The second-order valence-electron chi connectivity index (χ2n) is 4.78. The van der Waals surface area contributed by atoms with Gasteiger partial charge in [0.15, 0.2) is 0 Å². The van der Waals surface area contributed by atoms with E-state index in [4.69, 9.17) is 15.0 Å². The SMILES string of the molecule is [N-]=[N+]=CC(=O)OCCOC1=C2C=CC=[N+]2[B-](F)(F)n2cccc21. The minimum Gasteiger partial charge on any atom is -0.482 e. The molecule has 10 heteroatoms. The molecule has 0 atom stereocenters. The van der Waals surface area contributed by atoms with Gasteiger partial charge in [0.05, 0.1) is 5.69 Å². The number of carbonyl (C=O) groups is 1. The lowest BCUT2D eigenvalue weighted by Crippen LogP contribution is -2.49. The average molecular weight is 320 g/mol. The molecule has 3 rings (SSSR count). The fourth-order valence-corrected chi connectivity index (χ4v) is 2.50. The van der Waals surface area contributed by atoms with Crippen molar-refractivity contribution in [2.24, 2.45) is 0 Å². The van der Waals surface area contributed by atoms with Crippen LogP contribution in [-0.4, -0.2) is 52.3 Å². The van der Waals surface area contributed by atoms with Gasteiger partial charge in [-0.15, -0.1) is 0 Å². The van der Waals surface area contributed by atoms with Crippen molar-refractivity contribution in [3.05, 3.63) is 47.4 Å². The monoisotopic (exact) mass is 320 g/mol. The molecule has 7 nitrogen and oxygen atoms in total.